The van der Waals surface area contributed by atoms with Crippen molar-refractivity contribution in [3.05, 3.63) is 53.3 Å². The summed E-state index contributed by atoms with van der Waals surface area (Å²) < 4.78 is 5.76. The first-order chi connectivity index (χ1) is 8.29. The highest BCUT2D eigenvalue weighted by molar-refractivity contribution is 6.30. The molecule has 1 aromatic heterocycles. The highest BCUT2D eigenvalue weighted by Crippen LogP contribution is 2.25. The predicted octanol–water partition coefficient (Wildman–Crippen LogP) is 3.25. The first kappa shape index (κ1) is 11.9. The molecule has 0 spiro atoms. The van der Waals surface area contributed by atoms with Gasteiger partial charge in [0.2, 0.25) is 0 Å². The first-order valence-corrected chi connectivity index (χ1v) is 5.68. The van der Waals surface area contributed by atoms with E-state index in [1.54, 1.807) is 24.5 Å². The lowest BCUT2D eigenvalue weighted by atomic mass is 10.2. The van der Waals surface area contributed by atoms with E-state index < -0.39 is 0 Å². The van der Waals surface area contributed by atoms with E-state index >= 15 is 0 Å². The van der Waals surface area contributed by atoms with E-state index in [9.17, 15) is 0 Å². The number of benzene rings is 1. The van der Waals surface area contributed by atoms with Crippen molar-refractivity contribution in [3.8, 4) is 11.5 Å². The van der Waals surface area contributed by atoms with Gasteiger partial charge in [-0.05, 0) is 37.4 Å². The topological polar surface area (TPSA) is 34.2 Å². The molecule has 1 N–H and O–H groups in total. The van der Waals surface area contributed by atoms with Gasteiger partial charge in [-0.1, -0.05) is 11.6 Å². The van der Waals surface area contributed by atoms with Crippen LogP contribution in [0.5, 0.6) is 11.5 Å². The number of hydrogen-bond acceptors (Lipinski definition) is 3. The number of hydrogen-bond donors (Lipinski definition) is 1. The van der Waals surface area contributed by atoms with E-state index in [1.165, 1.54) is 0 Å². The molecule has 3 nitrogen and oxygen atoms in total. The molecule has 0 fully saturated rings. The van der Waals surface area contributed by atoms with Gasteiger partial charge in [0, 0.05) is 23.3 Å². The molecule has 88 valence electrons. The van der Waals surface area contributed by atoms with Crippen LogP contribution < -0.4 is 10.1 Å². The Morgan fingerprint density at radius 3 is 2.71 bits per heavy atom. The molecular weight excluding hydrogens is 236 g/mol. The second-order valence-corrected chi connectivity index (χ2v) is 4.01. The Hall–Kier alpha value is -1.58. The van der Waals surface area contributed by atoms with Crippen LogP contribution in [0.3, 0.4) is 0 Å². The molecule has 0 aliphatic heterocycles. The van der Waals surface area contributed by atoms with Gasteiger partial charge >= 0.3 is 0 Å². The fourth-order valence-corrected chi connectivity index (χ4v) is 1.59. The number of nitrogens with one attached hydrogen (secondary N) is 1. The molecule has 2 aromatic rings. The van der Waals surface area contributed by atoms with E-state index in [4.69, 9.17) is 16.3 Å². The van der Waals surface area contributed by atoms with Gasteiger partial charge in [0.15, 0.2) is 0 Å². The molecule has 0 atom stereocenters. The summed E-state index contributed by atoms with van der Waals surface area (Å²) in [5.74, 6) is 1.50. The van der Waals surface area contributed by atoms with Gasteiger partial charge in [-0.25, -0.2) is 0 Å². The average Bonchev–Trinajstić information content (AvgIpc) is 2.35. The minimum atomic E-state index is 0.694. The SMILES string of the molecule is CNCc1ccncc1Oc1ccc(Cl)cc1. The van der Waals surface area contributed by atoms with Gasteiger partial charge in [-0.2, -0.15) is 0 Å². The van der Waals surface area contributed by atoms with Gasteiger partial charge in [0.25, 0.3) is 0 Å². The zero-order valence-corrected chi connectivity index (χ0v) is 10.2. The summed E-state index contributed by atoms with van der Waals surface area (Å²) in [5, 5.41) is 3.78. The van der Waals surface area contributed by atoms with Gasteiger partial charge < -0.3 is 10.1 Å². The van der Waals surface area contributed by atoms with E-state index in [0.717, 1.165) is 23.6 Å². The van der Waals surface area contributed by atoms with Crippen LogP contribution in [0.1, 0.15) is 5.56 Å². The third kappa shape index (κ3) is 3.19. The van der Waals surface area contributed by atoms with Crippen LogP contribution in [0.2, 0.25) is 5.02 Å². The fraction of sp³-hybridized carbons (Fsp3) is 0.154. The van der Waals surface area contributed by atoms with E-state index in [1.807, 2.05) is 25.2 Å². The summed E-state index contributed by atoms with van der Waals surface area (Å²) in [6, 6.07) is 9.19. The number of rotatable bonds is 4. The van der Waals surface area contributed by atoms with Crippen LogP contribution in [-0.4, -0.2) is 12.0 Å². The quantitative estimate of drug-likeness (QED) is 0.902. The smallest absolute Gasteiger partial charge is 0.150 e. The monoisotopic (exact) mass is 248 g/mol. The second kappa shape index (κ2) is 5.66. The average molecular weight is 249 g/mol. The molecule has 0 unspecified atom stereocenters. The number of ether oxygens (including phenoxy) is 1. The Bertz CT molecular complexity index is 485. The van der Waals surface area contributed by atoms with Gasteiger partial charge in [-0.15, -0.1) is 0 Å². The third-order valence-electron chi connectivity index (χ3n) is 2.28. The van der Waals surface area contributed by atoms with Crippen LogP contribution in [0.4, 0.5) is 0 Å². The summed E-state index contributed by atoms with van der Waals surface area (Å²) in [4.78, 5) is 4.06. The van der Waals surface area contributed by atoms with E-state index in [2.05, 4.69) is 10.3 Å². The van der Waals surface area contributed by atoms with Crippen molar-refractivity contribution in [3.63, 3.8) is 0 Å². The minimum absolute atomic E-state index is 0.694. The highest BCUT2D eigenvalue weighted by Gasteiger charge is 2.04. The van der Waals surface area contributed by atoms with E-state index in [-0.39, 0.29) is 0 Å². The maximum atomic E-state index is 5.82. The Kier molecular flexibility index (Phi) is 3.96. The summed E-state index contributed by atoms with van der Waals surface area (Å²) in [7, 11) is 1.90. The standard InChI is InChI=1S/C13H13ClN2O/c1-15-8-10-6-7-16-9-13(10)17-12-4-2-11(14)3-5-12/h2-7,9,15H,8H2,1H3. The number of pyridine rings is 1. The molecule has 0 radical (unpaired) electrons. The molecule has 0 amide bonds. The minimum Gasteiger partial charge on any atom is -0.455 e. The molecule has 0 saturated heterocycles. The molecular formula is C13H13ClN2O. The molecule has 4 heteroatoms. The van der Waals surface area contributed by atoms with Gasteiger partial charge in [-0.3, -0.25) is 4.98 Å². The number of halogens is 1. The summed E-state index contributed by atoms with van der Waals surface area (Å²) in [6.45, 7) is 0.742. The lowest BCUT2D eigenvalue weighted by molar-refractivity contribution is 0.472. The maximum absolute atomic E-state index is 5.82. The maximum Gasteiger partial charge on any atom is 0.150 e. The van der Waals surface area contributed by atoms with Gasteiger partial charge in [0.1, 0.15) is 11.5 Å². The van der Waals surface area contributed by atoms with E-state index in [0.29, 0.717) is 5.02 Å². The lowest BCUT2D eigenvalue weighted by Gasteiger charge is -2.10. The van der Waals surface area contributed by atoms with Crippen molar-refractivity contribution in [2.45, 2.75) is 6.54 Å². The zero-order chi connectivity index (χ0) is 12.1. The Morgan fingerprint density at radius 2 is 2.00 bits per heavy atom. The number of nitrogens with zero attached hydrogens (tertiary/aromatic N) is 1. The molecule has 0 saturated carbocycles. The Morgan fingerprint density at radius 1 is 1.24 bits per heavy atom. The molecule has 17 heavy (non-hydrogen) atoms. The third-order valence-corrected chi connectivity index (χ3v) is 2.53. The van der Waals surface area contributed by atoms with Crippen molar-refractivity contribution in [2.24, 2.45) is 0 Å². The van der Waals surface area contributed by atoms with Crippen molar-refractivity contribution in [2.75, 3.05) is 7.05 Å². The molecule has 0 bridgehead atoms. The lowest BCUT2D eigenvalue weighted by Crippen LogP contribution is -2.06. The van der Waals surface area contributed by atoms with Crippen LogP contribution in [-0.2, 0) is 6.54 Å². The van der Waals surface area contributed by atoms with Crippen LogP contribution in [0.25, 0.3) is 0 Å². The molecule has 1 heterocycles. The Balaban J connectivity index is 2.20. The van der Waals surface area contributed by atoms with Crippen molar-refractivity contribution in [1.29, 1.82) is 0 Å². The predicted molar refractivity (Wildman–Crippen MR) is 68.5 cm³/mol. The zero-order valence-electron chi connectivity index (χ0n) is 9.48. The molecule has 0 aliphatic carbocycles. The number of aromatic nitrogens is 1. The fourth-order valence-electron chi connectivity index (χ4n) is 1.47. The summed E-state index contributed by atoms with van der Waals surface area (Å²) in [6.07, 6.45) is 3.46. The highest BCUT2D eigenvalue weighted by atomic mass is 35.5. The van der Waals surface area contributed by atoms with Crippen molar-refractivity contribution in [1.82, 2.24) is 10.3 Å². The van der Waals surface area contributed by atoms with Crippen molar-refractivity contribution < 1.29 is 4.74 Å². The summed E-state index contributed by atoms with van der Waals surface area (Å²) in [5.41, 5.74) is 1.07. The van der Waals surface area contributed by atoms with Crippen LogP contribution >= 0.6 is 11.6 Å². The van der Waals surface area contributed by atoms with Crippen LogP contribution in [0, 0.1) is 0 Å². The van der Waals surface area contributed by atoms with Gasteiger partial charge in [0.05, 0.1) is 6.20 Å². The summed E-state index contributed by atoms with van der Waals surface area (Å²) >= 11 is 5.82. The van der Waals surface area contributed by atoms with Crippen molar-refractivity contribution >= 4 is 11.6 Å². The molecule has 2 rings (SSSR count). The molecule has 1 aromatic carbocycles. The van der Waals surface area contributed by atoms with Crippen LogP contribution in [0.15, 0.2) is 42.7 Å². The molecule has 0 aliphatic rings. The largest absolute Gasteiger partial charge is 0.455 e. The Labute approximate surface area is 105 Å². The normalized spacial score (nSPS) is 10.2. The first-order valence-electron chi connectivity index (χ1n) is 5.30. The second-order valence-electron chi connectivity index (χ2n) is 3.57.